The molecule has 4 heteroatoms. The smallest absolute Gasteiger partial charge is 0.343 e. The third-order valence-corrected chi connectivity index (χ3v) is 23.0. The van der Waals surface area contributed by atoms with Gasteiger partial charge in [0.25, 0.3) is 0 Å². The molecule has 8 saturated carbocycles. The molecule has 0 amide bonds. The summed E-state index contributed by atoms with van der Waals surface area (Å²) in [6.45, 7) is 7.08. The molecule has 0 saturated heterocycles. The second-order valence-corrected chi connectivity index (χ2v) is 28.4. The molecule has 2 nitrogen and oxygen atoms in total. The molecule has 0 spiro atoms. The van der Waals surface area contributed by atoms with Crippen LogP contribution < -0.4 is 15.1 Å². The second kappa shape index (κ2) is 15.2. The molecule has 8 aromatic carbocycles. The highest BCUT2D eigenvalue weighted by Gasteiger charge is 2.54. The first-order chi connectivity index (χ1) is 37.1. The summed E-state index contributed by atoms with van der Waals surface area (Å²) in [4.78, 5) is 2.77. The Hall–Kier alpha value is -6.36. The van der Waals surface area contributed by atoms with Gasteiger partial charge in [0.05, 0.1) is 11.4 Å². The Morgan fingerprint density at radius 3 is 1.76 bits per heavy atom. The van der Waals surface area contributed by atoms with Crippen LogP contribution in [-0.2, 0) is 16.2 Å². The number of fused-ring (bicyclic) bond motifs is 11. The van der Waals surface area contributed by atoms with Gasteiger partial charge in [-0.15, -0.1) is 11.3 Å². The zero-order chi connectivity index (χ0) is 50.0. The van der Waals surface area contributed by atoms with E-state index in [2.05, 4.69) is 199 Å². The number of hydrogen-bond donors (Lipinski definition) is 0. The first kappa shape index (κ1) is 43.7. The molecule has 2 aromatic heterocycles. The van der Waals surface area contributed by atoms with Gasteiger partial charge in [-0.1, -0.05) is 130 Å². The Bertz CT molecular complexity index is 4060. The zero-order valence-corrected chi connectivity index (χ0v) is 45.2. The third kappa shape index (κ3) is 6.01. The van der Waals surface area contributed by atoms with Gasteiger partial charge in [0, 0.05) is 53.5 Å². The Morgan fingerprint density at radius 1 is 0.474 bits per heavy atom. The van der Waals surface area contributed by atoms with Crippen molar-refractivity contribution in [2.24, 2.45) is 35.5 Å². The lowest BCUT2D eigenvalue weighted by Gasteiger charge is -2.57. The van der Waals surface area contributed by atoms with Gasteiger partial charge in [-0.05, 0) is 233 Å². The van der Waals surface area contributed by atoms with E-state index in [1.165, 1.54) is 186 Å². The zero-order valence-electron chi connectivity index (χ0n) is 44.3. The highest BCUT2D eigenvalue weighted by Crippen LogP contribution is 2.64. The number of hydrogen-bond acceptors (Lipinski definition) is 2. The van der Waals surface area contributed by atoms with Crippen molar-refractivity contribution >= 4 is 88.2 Å². The molecule has 0 N–H and O–H groups in total. The van der Waals surface area contributed by atoms with E-state index < -0.39 is 0 Å². The Kier molecular flexibility index (Phi) is 8.76. The Balaban J connectivity index is 0.984. The average Bonchev–Trinajstić information content (AvgIpc) is 4.19. The van der Waals surface area contributed by atoms with E-state index >= 15 is 0 Å². The van der Waals surface area contributed by atoms with Gasteiger partial charge in [0.15, 0.2) is 0 Å². The number of rotatable bonds is 5. The third-order valence-electron chi connectivity index (χ3n) is 21.8. The van der Waals surface area contributed by atoms with E-state index in [1.807, 2.05) is 0 Å². The molecular formula is C72H65BN2S. The predicted molar refractivity (Wildman–Crippen MR) is 322 cm³/mol. The molecule has 0 radical (unpaired) electrons. The van der Waals surface area contributed by atoms with Crippen molar-refractivity contribution in [3.05, 3.63) is 174 Å². The minimum atomic E-state index is -0.0187. The molecule has 76 heavy (non-hydrogen) atoms. The highest BCUT2D eigenvalue weighted by atomic mass is 32.1. The van der Waals surface area contributed by atoms with Crippen LogP contribution in [0.25, 0.3) is 76.0 Å². The number of anilines is 3. The lowest BCUT2D eigenvalue weighted by Crippen LogP contribution is -2.55. The van der Waals surface area contributed by atoms with Gasteiger partial charge in [-0.2, -0.15) is 0 Å². The van der Waals surface area contributed by atoms with Crippen molar-refractivity contribution in [2.75, 3.05) is 4.90 Å². The van der Waals surface area contributed by atoms with Crippen molar-refractivity contribution in [1.82, 2.24) is 4.48 Å². The summed E-state index contributed by atoms with van der Waals surface area (Å²) < 4.78 is 5.75. The molecule has 372 valence electrons. The molecule has 0 atom stereocenters. The fourth-order valence-electron chi connectivity index (χ4n) is 19.4. The summed E-state index contributed by atoms with van der Waals surface area (Å²) >= 11 is 2.07. The van der Waals surface area contributed by atoms with E-state index in [-0.39, 0.29) is 17.7 Å². The molecule has 0 unspecified atom stereocenters. The van der Waals surface area contributed by atoms with Crippen LogP contribution >= 0.6 is 11.3 Å². The maximum atomic E-state index is 2.91. The van der Waals surface area contributed by atoms with E-state index in [0.717, 1.165) is 35.5 Å². The van der Waals surface area contributed by atoms with Crippen LogP contribution in [0.1, 0.15) is 115 Å². The standard InChI is InChI=1S/C72H65BN2S/c1-70(2,3)52-19-22-62(57(32-52)49-14-8-5-9-15-49)74-64-31-51(48-12-6-4-7-13-48)30-59-61-35-54(72-39-45-27-46(40-72)29-47(28-45)41-72)34-60-58-33-53(71-36-42-24-43(37-71)26-44(25-42)38-71)20-23-63(58)75(66(60)61)73(65(59)64)69-67(74)56-21-18-50-16-10-11-17-55(50)68(56)76-69/h4-23,30-35,42-47H,24-29,36-41H2,1-3H3. The highest BCUT2D eigenvalue weighted by molar-refractivity contribution is 7.32. The first-order valence-corrected chi connectivity index (χ1v) is 30.2. The number of aromatic nitrogens is 1. The van der Waals surface area contributed by atoms with Gasteiger partial charge < -0.3 is 9.38 Å². The van der Waals surface area contributed by atoms with Crippen molar-refractivity contribution in [3.8, 4) is 33.4 Å². The molecule has 4 heterocycles. The fraction of sp³-hybridized carbons (Fsp3) is 0.333. The normalized spacial score (nSPS) is 27.4. The van der Waals surface area contributed by atoms with Crippen LogP contribution in [0.2, 0.25) is 0 Å². The van der Waals surface area contributed by atoms with Crippen molar-refractivity contribution in [1.29, 1.82) is 0 Å². The maximum Gasteiger partial charge on any atom is 0.343 e. The quantitative estimate of drug-likeness (QED) is 0.156. The van der Waals surface area contributed by atoms with Crippen LogP contribution in [0.4, 0.5) is 17.1 Å². The molecule has 8 aliphatic carbocycles. The number of benzene rings is 8. The maximum absolute atomic E-state index is 2.91. The van der Waals surface area contributed by atoms with Gasteiger partial charge >= 0.3 is 6.85 Å². The molecule has 10 aromatic rings. The average molecular weight is 1000 g/mol. The largest absolute Gasteiger partial charge is 0.375 e. The van der Waals surface area contributed by atoms with E-state index in [0.29, 0.717) is 5.41 Å². The summed E-state index contributed by atoms with van der Waals surface area (Å²) in [5.74, 6) is 5.35. The molecular weight excluding hydrogens is 936 g/mol. The van der Waals surface area contributed by atoms with Crippen LogP contribution in [0, 0.1) is 35.5 Å². The minimum absolute atomic E-state index is 0.00504. The molecule has 8 bridgehead atoms. The van der Waals surface area contributed by atoms with E-state index in [4.69, 9.17) is 0 Å². The lowest BCUT2D eigenvalue weighted by molar-refractivity contribution is -0.00527. The Labute approximate surface area is 452 Å². The SMILES string of the molecule is CC(C)(C)c1ccc(N2c3cc(-c4ccccc4)cc4c3B(c3sc5c(ccc6ccccc65)c32)n2c3ccc(C56CC7CC(CC(C7)C5)C6)cc3c3cc(C56CC7CC(CC(C7)C5)C6)cc-4c32)c(-c2ccccc2)c1. The molecule has 2 aliphatic heterocycles. The van der Waals surface area contributed by atoms with Gasteiger partial charge in [-0.25, -0.2) is 0 Å². The van der Waals surface area contributed by atoms with Crippen LogP contribution in [-0.4, -0.2) is 11.3 Å². The topological polar surface area (TPSA) is 8.17 Å². The van der Waals surface area contributed by atoms with Crippen molar-refractivity contribution < 1.29 is 0 Å². The predicted octanol–water partition coefficient (Wildman–Crippen LogP) is 18.1. The van der Waals surface area contributed by atoms with Gasteiger partial charge in [-0.3, -0.25) is 0 Å². The summed E-state index contributed by atoms with van der Waals surface area (Å²) in [6, 6.07) is 63.0. The Morgan fingerprint density at radius 2 is 1.09 bits per heavy atom. The lowest BCUT2D eigenvalue weighted by atomic mass is 9.47. The second-order valence-electron chi connectivity index (χ2n) is 27.3. The van der Waals surface area contributed by atoms with E-state index in [1.54, 1.807) is 11.1 Å². The summed E-state index contributed by atoms with van der Waals surface area (Å²) in [5.41, 5.74) is 21.4. The van der Waals surface area contributed by atoms with Gasteiger partial charge in [0.2, 0.25) is 0 Å². The molecule has 10 aliphatic rings. The van der Waals surface area contributed by atoms with Crippen molar-refractivity contribution in [3.63, 3.8) is 0 Å². The van der Waals surface area contributed by atoms with Gasteiger partial charge in [0.1, 0.15) is 0 Å². The van der Waals surface area contributed by atoms with Crippen LogP contribution in [0.5, 0.6) is 0 Å². The fourth-order valence-corrected chi connectivity index (χ4v) is 20.8. The monoisotopic (exact) mass is 1000 g/mol. The molecule has 8 fully saturated rings. The summed E-state index contributed by atoms with van der Waals surface area (Å²) in [5, 5.41) is 7.02. The summed E-state index contributed by atoms with van der Waals surface area (Å²) in [6.07, 6.45) is 17.1. The van der Waals surface area contributed by atoms with Crippen LogP contribution in [0.15, 0.2) is 158 Å². The first-order valence-electron chi connectivity index (χ1n) is 29.4. The number of nitrogens with zero attached hydrogens (tertiary/aromatic N) is 2. The number of thiophene rings is 1. The molecule has 20 rings (SSSR count). The minimum Gasteiger partial charge on any atom is -0.375 e. The van der Waals surface area contributed by atoms with Crippen molar-refractivity contribution in [2.45, 2.75) is 114 Å². The van der Waals surface area contributed by atoms with E-state index in [9.17, 15) is 0 Å². The summed E-state index contributed by atoms with van der Waals surface area (Å²) in [7, 11) is 0. The van der Waals surface area contributed by atoms with Crippen LogP contribution in [0.3, 0.4) is 0 Å².